The molecule has 0 aliphatic carbocycles. The van der Waals surface area contributed by atoms with Gasteiger partial charge in [-0.2, -0.15) is 0 Å². The van der Waals surface area contributed by atoms with Crippen molar-refractivity contribution in [3.05, 3.63) is 23.4 Å². The number of hydrogen-bond donors (Lipinski definition) is 1. The largest absolute Gasteiger partial charge is 0.392 e. The molecule has 0 aliphatic rings. The van der Waals surface area contributed by atoms with Crippen molar-refractivity contribution in [2.24, 2.45) is 0 Å². The average molecular weight is 222 g/mol. The standard InChI is InChI=1S/C13H22N2O/c1-5-12(6-2)15(4)13-8-11(9-16)7-10(3)14-13/h7-8,12,16H,5-6,9H2,1-4H3. The molecule has 1 rings (SSSR count). The minimum Gasteiger partial charge on any atom is -0.392 e. The number of rotatable bonds is 5. The summed E-state index contributed by atoms with van der Waals surface area (Å²) < 4.78 is 0. The fourth-order valence-electron chi connectivity index (χ4n) is 2.02. The van der Waals surface area contributed by atoms with Crippen molar-refractivity contribution < 1.29 is 5.11 Å². The van der Waals surface area contributed by atoms with Crippen molar-refractivity contribution >= 4 is 5.82 Å². The fraction of sp³-hybridized carbons (Fsp3) is 0.615. The van der Waals surface area contributed by atoms with Gasteiger partial charge in [-0.25, -0.2) is 4.98 Å². The van der Waals surface area contributed by atoms with Crippen LogP contribution in [0.1, 0.15) is 37.9 Å². The van der Waals surface area contributed by atoms with Crippen LogP contribution in [-0.4, -0.2) is 23.2 Å². The first-order chi connectivity index (χ1) is 7.62. The van der Waals surface area contributed by atoms with Gasteiger partial charge in [0.05, 0.1) is 6.61 Å². The van der Waals surface area contributed by atoms with Crippen LogP contribution in [0.25, 0.3) is 0 Å². The summed E-state index contributed by atoms with van der Waals surface area (Å²) in [5.74, 6) is 0.956. The Morgan fingerprint density at radius 2 is 1.94 bits per heavy atom. The molecule has 0 bridgehead atoms. The molecular formula is C13H22N2O. The molecule has 1 N–H and O–H groups in total. The van der Waals surface area contributed by atoms with Crippen LogP contribution in [0.5, 0.6) is 0 Å². The lowest BCUT2D eigenvalue weighted by Crippen LogP contribution is -2.31. The molecule has 0 saturated carbocycles. The Bertz CT molecular complexity index is 335. The zero-order valence-corrected chi connectivity index (χ0v) is 10.7. The predicted molar refractivity (Wildman–Crippen MR) is 67.7 cm³/mol. The quantitative estimate of drug-likeness (QED) is 0.831. The molecule has 0 saturated heterocycles. The van der Waals surface area contributed by atoms with Crippen molar-refractivity contribution in [2.45, 2.75) is 46.3 Å². The maximum absolute atomic E-state index is 9.17. The summed E-state index contributed by atoms with van der Waals surface area (Å²) in [5.41, 5.74) is 1.89. The van der Waals surface area contributed by atoms with Gasteiger partial charge in [0.2, 0.25) is 0 Å². The normalized spacial score (nSPS) is 10.9. The van der Waals surface area contributed by atoms with E-state index >= 15 is 0 Å². The molecule has 3 nitrogen and oxygen atoms in total. The molecule has 0 unspecified atom stereocenters. The highest BCUT2D eigenvalue weighted by atomic mass is 16.3. The van der Waals surface area contributed by atoms with E-state index in [0.29, 0.717) is 6.04 Å². The van der Waals surface area contributed by atoms with Crippen LogP contribution in [-0.2, 0) is 6.61 Å². The average Bonchev–Trinajstić information content (AvgIpc) is 2.29. The smallest absolute Gasteiger partial charge is 0.129 e. The molecule has 1 heterocycles. The summed E-state index contributed by atoms with van der Waals surface area (Å²) in [5, 5.41) is 9.17. The van der Waals surface area contributed by atoms with Gasteiger partial charge in [-0.3, -0.25) is 0 Å². The Hall–Kier alpha value is -1.09. The van der Waals surface area contributed by atoms with Gasteiger partial charge < -0.3 is 10.0 Å². The first-order valence-corrected chi connectivity index (χ1v) is 5.93. The molecule has 0 spiro atoms. The summed E-state index contributed by atoms with van der Waals surface area (Å²) in [6.45, 7) is 6.41. The van der Waals surface area contributed by atoms with Gasteiger partial charge in [0.25, 0.3) is 0 Å². The molecule has 0 radical (unpaired) electrons. The second-order valence-corrected chi connectivity index (χ2v) is 4.21. The summed E-state index contributed by atoms with van der Waals surface area (Å²) in [4.78, 5) is 6.71. The van der Waals surface area contributed by atoms with E-state index in [2.05, 4.69) is 30.8 Å². The molecule has 90 valence electrons. The summed E-state index contributed by atoms with van der Waals surface area (Å²) in [6.07, 6.45) is 2.22. The minimum absolute atomic E-state index is 0.0765. The van der Waals surface area contributed by atoms with E-state index in [1.165, 1.54) is 0 Å². The lowest BCUT2D eigenvalue weighted by atomic mass is 10.1. The fourth-order valence-corrected chi connectivity index (χ4v) is 2.02. The monoisotopic (exact) mass is 222 g/mol. The van der Waals surface area contributed by atoms with Crippen molar-refractivity contribution in [1.29, 1.82) is 0 Å². The van der Waals surface area contributed by atoms with Gasteiger partial charge in [0, 0.05) is 18.8 Å². The molecular weight excluding hydrogens is 200 g/mol. The number of aromatic nitrogens is 1. The van der Waals surface area contributed by atoms with Crippen LogP contribution in [0.2, 0.25) is 0 Å². The van der Waals surface area contributed by atoms with Crippen LogP contribution in [0.15, 0.2) is 12.1 Å². The predicted octanol–water partition coefficient (Wildman–Crippen LogP) is 2.51. The second kappa shape index (κ2) is 5.85. The Kier molecular flexibility index (Phi) is 4.74. The number of nitrogens with zero attached hydrogens (tertiary/aromatic N) is 2. The molecule has 3 heteroatoms. The third-order valence-electron chi connectivity index (χ3n) is 3.03. The maximum atomic E-state index is 9.17. The number of hydrogen-bond acceptors (Lipinski definition) is 3. The van der Waals surface area contributed by atoms with E-state index in [1.807, 2.05) is 19.1 Å². The van der Waals surface area contributed by atoms with Crippen LogP contribution < -0.4 is 4.90 Å². The molecule has 0 atom stereocenters. The second-order valence-electron chi connectivity index (χ2n) is 4.21. The van der Waals surface area contributed by atoms with E-state index in [4.69, 9.17) is 0 Å². The number of pyridine rings is 1. The Balaban J connectivity index is 2.97. The summed E-state index contributed by atoms with van der Waals surface area (Å²) in [7, 11) is 2.07. The van der Waals surface area contributed by atoms with E-state index in [-0.39, 0.29) is 6.61 Å². The summed E-state index contributed by atoms with van der Waals surface area (Å²) in [6, 6.07) is 4.40. The zero-order chi connectivity index (χ0) is 12.1. The maximum Gasteiger partial charge on any atom is 0.129 e. The van der Waals surface area contributed by atoms with Crippen molar-refractivity contribution in [1.82, 2.24) is 4.98 Å². The van der Waals surface area contributed by atoms with Gasteiger partial charge >= 0.3 is 0 Å². The lowest BCUT2D eigenvalue weighted by molar-refractivity contribution is 0.281. The Morgan fingerprint density at radius 3 is 2.44 bits per heavy atom. The van der Waals surface area contributed by atoms with Crippen molar-refractivity contribution in [3.63, 3.8) is 0 Å². The van der Waals surface area contributed by atoms with Gasteiger partial charge in [-0.15, -0.1) is 0 Å². The molecule has 16 heavy (non-hydrogen) atoms. The van der Waals surface area contributed by atoms with Crippen molar-refractivity contribution in [2.75, 3.05) is 11.9 Å². The SMILES string of the molecule is CCC(CC)N(C)c1cc(CO)cc(C)n1. The van der Waals surface area contributed by atoms with Gasteiger partial charge in [0.1, 0.15) is 5.82 Å². The van der Waals surface area contributed by atoms with Crippen LogP contribution in [0, 0.1) is 6.92 Å². The molecule has 0 fully saturated rings. The van der Waals surface area contributed by atoms with Crippen LogP contribution in [0.3, 0.4) is 0 Å². The molecule has 0 aliphatic heterocycles. The molecule has 1 aromatic rings. The van der Waals surface area contributed by atoms with E-state index < -0.39 is 0 Å². The highest BCUT2D eigenvalue weighted by molar-refractivity contribution is 5.42. The van der Waals surface area contributed by atoms with Crippen LogP contribution >= 0.6 is 0 Å². The third kappa shape index (κ3) is 2.95. The zero-order valence-electron chi connectivity index (χ0n) is 10.7. The highest BCUT2D eigenvalue weighted by Gasteiger charge is 2.13. The van der Waals surface area contributed by atoms with E-state index in [1.54, 1.807) is 0 Å². The van der Waals surface area contributed by atoms with E-state index in [0.717, 1.165) is 29.9 Å². The van der Waals surface area contributed by atoms with Gasteiger partial charge in [0.15, 0.2) is 0 Å². The first kappa shape index (κ1) is 13.0. The number of aryl methyl sites for hydroxylation is 1. The molecule has 0 amide bonds. The Labute approximate surface area is 98.1 Å². The third-order valence-corrected chi connectivity index (χ3v) is 3.03. The van der Waals surface area contributed by atoms with Crippen molar-refractivity contribution in [3.8, 4) is 0 Å². The first-order valence-electron chi connectivity index (χ1n) is 5.93. The number of aliphatic hydroxyl groups is 1. The lowest BCUT2D eigenvalue weighted by Gasteiger charge is -2.27. The Morgan fingerprint density at radius 1 is 1.31 bits per heavy atom. The van der Waals surface area contributed by atoms with Gasteiger partial charge in [-0.05, 0) is 37.5 Å². The highest BCUT2D eigenvalue weighted by Crippen LogP contribution is 2.18. The van der Waals surface area contributed by atoms with Gasteiger partial charge in [-0.1, -0.05) is 13.8 Å². The van der Waals surface area contributed by atoms with Crippen LogP contribution in [0.4, 0.5) is 5.82 Å². The summed E-state index contributed by atoms with van der Waals surface area (Å²) >= 11 is 0. The van der Waals surface area contributed by atoms with E-state index in [9.17, 15) is 5.11 Å². The minimum atomic E-state index is 0.0765. The number of anilines is 1. The molecule has 0 aromatic carbocycles. The number of aliphatic hydroxyl groups excluding tert-OH is 1. The molecule has 1 aromatic heterocycles. The topological polar surface area (TPSA) is 36.4 Å².